The van der Waals surface area contributed by atoms with Crippen molar-refractivity contribution >= 4 is 11.9 Å². The minimum atomic E-state index is 0.133. The number of amides is 1. The Hall–Kier alpha value is -2.44. The average molecular weight is 431 g/mol. The Balaban J connectivity index is 1.62. The highest BCUT2D eigenvalue weighted by Gasteiger charge is 2.23. The molecule has 0 atom stereocenters. The maximum atomic E-state index is 11.7. The molecule has 7 heteroatoms. The van der Waals surface area contributed by atoms with E-state index >= 15 is 0 Å². The van der Waals surface area contributed by atoms with E-state index in [-0.39, 0.29) is 5.91 Å². The summed E-state index contributed by atoms with van der Waals surface area (Å²) in [4.78, 5) is 18.9. The van der Waals surface area contributed by atoms with Gasteiger partial charge in [0, 0.05) is 33.1 Å². The molecule has 172 valence electrons. The molecule has 1 aliphatic carbocycles. The van der Waals surface area contributed by atoms with Gasteiger partial charge in [-0.2, -0.15) is 0 Å². The van der Waals surface area contributed by atoms with Crippen molar-refractivity contribution in [1.29, 1.82) is 0 Å². The molecule has 1 aromatic rings. The van der Waals surface area contributed by atoms with Crippen LogP contribution < -0.4 is 20.1 Å². The minimum Gasteiger partial charge on any atom is -0.493 e. The summed E-state index contributed by atoms with van der Waals surface area (Å²) >= 11 is 0. The van der Waals surface area contributed by atoms with Crippen molar-refractivity contribution in [3.8, 4) is 11.5 Å². The molecule has 2 fully saturated rings. The van der Waals surface area contributed by atoms with Crippen LogP contribution in [-0.4, -0.2) is 56.7 Å². The number of guanidine groups is 1. The SMILES string of the molecule is CCNC(=NCc1ccc(OC)c(OC2CCCC2)c1)N1CCC(CC(=O)NC)CC1. The van der Waals surface area contributed by atoms with Gasteiger partial charge in [0.15, 0.2) is 17.5 Å². The molecule has 2 aliphatic rings. The van der Waals surface area contributed by atoms with Crippen LogP contribution in [-0.2, 0) is 11.3 Å². The molecule has 0 spiro atoms. The number of hydrogen-bond donors (Lipinski definition) is 2. The Bertz CT molecular complexity index is 738. The predicted molar refractivity (Wildman–Crippen MR) is 124 cm³/mol. The minimum absolute atomic E-state index is 0.133. The number of carbonyl (C=O) groups excluding carboxylic acids is 1. The Labute approximate surface area is 186 Å². The van der Waals surface area contributed by atoms with E-state index in [0.717, 1.165) is 68.3 Å². The van der Waals surface area contributed by atoms with Crippen molar-refractivity contribution in [1.82, 2.24) is 15.5 Å². The standard InChI is InChI=1S/C24H38N4O3/c1-4-26-24(28-13-11-18(12-14-28)16-23(29)25-2)27-17-19-9-10-21(30-3)22(15-19)31-20-7-5-6-8-20/h9-10,15,18,20H,4-8,11-14,16-17H2,1-3H3,(H,25,29)(H,26,27). The van der Waals surface area contributed by atoms with Crippen LogP contribution in [0.3, 0.4) is 0 Å². The van der Waals surface area contributed by atoms with Gasteiger partial charge in [0.2, 0.25) is 5.91 Å². The van der Waals surface area contributed by atoms with E-state index in [9.17, 15) is 4.79 Å². The average Bonchev–Trinajstić information content (AvgIpc) is 3.30. The molecule has 1 saturated carbocycles. The summed E-state index contributed by atoms with van der Waals surface area (Å²) in [5, 5.41) is 6.16. The molecule has 1 aliphatic heterocycles. The second-order valence-corrected chi connectivity index (χ2v) is 8.49. The largest absolute Gasteiger partial charge is 0.493 e. The summed E-state index contributed by atoms with van der Waals surface area (Å²) in [6.45, 7) is 5.36. The molecule has 1 amide bonds. The number of benzene rings is 1. The van der Waals surface area contributed by atoms with Crippen molar-refractivity contribution in [2.45, 2.75) is 64.5 Å². The molecule has 0 radical (unpaired) electrons. The van der Waals surface area contributed by atoms with Gasteiger partial charge in [-0.1, -0.05) is 6.07 Å². The van der Waals surface area contributed by atoms with Crippen molar-refractivity contribution in [3.05, 3.63) is 23.8 Å². The van der Waals surface area contributed by atoms with E-state index in [1.165, 1.54) is 12.8 Å². The van der Waals surface area contributed by atoms with E-state index < -0.39 is 0 Å². The van der Waals surface area contributed by atoms with Crippen LogP contribution in [0.15, 0.2) is 23.2 Å². The Morgan fingerprint density at radius 2 is 1.90 bits per heavy atom. The van der Waals surface area contributed by atoms with E-state index in [1.54, 1.807) is 14.2 Å². The van der Waals surface area contributed by atoms with Gasteiger partial charge in [-0.25, -0.2) is 4.99 Å². The van der Waals surface area contributed by atoms with E-state index in [0.29, 0.717) is 25.0 Å². The monoisotopic (exact) mass is 430 g/mol. The van der Waals surface area contributed by atoms with Gasteiger partial charge in [-0.05, 0) is 69.1 Å². The fraction of sp³-hybridized carbons (Fsp3) is 0.667. The summed E-state index contributed by atoms with van der Waals surface area (Å²) in [7, 11) is 3.39. The lowest BCUT2D eigenvalue weighted by Gasteiger charge is -2.34. The number of nitrogens with one attached hydrogen (secondary N) is 2. The Morgan fingerprint density at radius 1 is 1.16 bits per heavy atom. The first-order valence-electron chi connectivity index (χ1n) is 11.7. The highest BCUT2D eigenvalue weighted by molar-refractivity contribution is 5.80. The summed E-state index contributed by atoms with van der Waals surface area (Å²) < 4.78 is 11.7. The van der Waals surface area contributed by atoms with Crippen LogP contribution >= 0.6 is 0 Å². The fourth-order valence-electron chi connectivity index (χ4n) is 4.40. The van der Waals surface area contributed by atoms with Crippen molar-refractivity contribution < 1.29 is 14.3 Å². The Morgan fingerprint density at radius 3 is 2.55 bits per heavy atom. The summed E-state index contributed by atoms with van der Waals surface area (Å²) in [6.07, 6.45) is 7.65. The Kier molecular flexibility index (Phi) is 8.85. The van der Waals surface area contributed by atoms with Gasteiger partial charge in [-0.3, -0.25) is 4.79 Å². The molecule has 0 aromatic heterocycles. The topological polar surface area (TPSA) is 75.2 Å². The number of ether oxygens (including phenoxy) is 2. The van der Waals surface area contributed by atoms with Crippen LogP contribution in [0.5, 0.6) is 11.5 Å². The van der Waals surface area contributed by atoms with Crippen LogP contribution in [0, 0.1) is 5.92 Å². The molecule has 31 heavy (non-hydrogen) atoms. The molecule has 7 nitrogen and oxygen atoms in total. The molecule has 2 N–H and O–H groups in total. The number of carbonyl (C=O) groups is 1. The molecular formula is C24H38N4O3. The first-order chi connectivity index (χ1) is 15.1. The fourth-order valence-corrected chi connectivity index (χ4v) is 4.40. The molecule has 1 saturated heterocycles. The second kappa shape index (κ2) is 11.8. The van der Waals surface area contributed by atoms with E-state index in [2.05, 4.69) is 34.6 Å². The number of hydrogen-bond acceptors (Lipinski definition) is 4. The second-order valence-electron chi connectivity index (χ2n) is 8.49. The third-order valence-electron chi connectivity index (χ3n) is 6.24. The van der Waals surface area contributed by atoms with Crippen LogP contribution in [0.1, 0.15) is 57.4 Å². The lowest BCUT2D eigenvalue weighted by atomic mass is 9.93. The molecule has 1 heterocycles. The third-order valence-corrected chi connectivity index (χ3v) is 6.24. The van der Waals surface area contributed by atoms with Gasteiger partial charge in [0.1, 0.15) is 0 Å². The van der Waals surface area contributed by atoms with Gasteiger partial charge >= 0.3 is 0 Å². The van der Waals surface area contributed by atoms with Gasteiger partial charge in [0.05, 0.1) is 19.8 Å². The smallest absolute Gasteiger partial charge is 0.220 e. The van der Waals surface area contributed by atoms with Crippen molar-refractivity contribution in [2.24, 2.45) is 10.9 Å². The summed E-state index contributed by atoms with van der Waals surface area (Å²) in [5.41, 5.74) is 1.11. The highest BCUT2D eigenvalue weighted by atomic mass is 16.5. The van der Waals surface area contributed by atoms with Gasteiger partial charge < -0.3 is 25.0 Å². The molecule has 0 bridgehead atoms. The van der Waals surface area contributed by atoms with E-state index in [4.69, 9.17) is 14.5 Å². The molecular weight excluding hydrogens is 392 g/mol. The number of aliphatic imine (C=N–C) groups is 1. The summed E-state index contributed by atoms with van der Waals surface area (Å²) in [5.74, 6) is 3.13. The van der Waals surface area contributed by atoms with Crippen LogP contribution in [0.4, 0.5) is 0 Å². The maximum Gasteiger partial charge on any atom is 0.220 e. The van der Waals surface area contributed by atoms with Gasteiger partial charge in [0.25, 0.3) is 0 Å². The van der Waals surface area contributed by atoms with Gasteiger partial charge in [-0.15, -0.1) is 0 Å². The number of methoxy groups -OCH3 is 1. The number of piperidine rings is 1. The highest BCUT2D eigenvalue weighted by Crippen LogP contribution is 2.32. The number of likely N-dealkylation sites (tertiary alicyclic amines) is 1. The first kappa shape index (κ1) is 23.2. The zero-order chi connectivity index (χ0) is 22.1. The lowest BCUT2D eigenvalue weighted by molar-refractivity contribution is -0.121. The number of rotatable bonds is 8. The van der Waals surface area contributed by atoms with Crippen LogP contribution in [0.25, 0.3) is 0 Å². The normalized spacial score (nSPS) is 18.2. The molecule has 0 unspecified atom stereocenters. The lowest BCUT2D eigenvalue weighted by Crippen LogP contribution is -2.46. The van der Waals surface area contributed by atoms with Crippen molar-refractivity contribution in [2.75, 3.05) is 33.8 Å². The van der Waals surface area contributed by atoms with Crippen molar-refractivity contribution in [3.63, 3.8) is 0 Å². The summed E-state index contributed by atoms with van der Waals surface area (Å²) in [6, 6.07) is 6.11. The van der Waals surface area contributed by atoms with Crippen LogP contribution in [0.2, 0.25) is 0 Å². The predicted octanol–water partition coefficient (Wildman–Crippen LogP) is 3.33. The zero-order valence-corrected chi connectivity index (χ0v) is 19.3. The maximum absolute atomic E-state index is 11.7. The number of nitrogens with zero attached hydrogens (tertiary/aromatic N) is 2. The molecule has 3 rings (SSSR count). The molecule has 1 aromatic carbocycles. The quantitative estimate of drug-likeness (QED) is 0.489. The third kappa shape index (κ3) is 6.77. The first-order valence-corrected chi connectivity index (χ1v) is 11.7. The van der Waals surface area contributed by atoms with E-state index in [1.807, 2.05) is 6.07 Å². The zero-order valence-electron chi connectivity index (χ0n) is 19.3.